The third kappa shape index (κ3) is 4.50. The monoisotopic (exact) mass is 387 g/mol. The smallest absolute Gasteiger partial charge is 0.293 e. The number of carbonyl (C=O) groups is 3. The van der Waals surface area contributed by atoms with Crippen LogP contribution in [0.5, 0.6) is 0 Å². The van der Waals surface area contributed by atoms with Crippen LogP contribution in [-0.4, -0.2) is 35.0 Å². The Kier molecular flexibility index (Phi) is 5.51. The first-order valence-corrected chi connectivity index (χ1v) is 8.73. The molecule has 1 aromatic heterocycles. The lowest BCUT2D eigenvalue weighted by molar-refractivity contribution is -0.605. The summed E-state index contributed by atoms with van der Waals surface area (Å²) in [6.07, 6.45) is 3.92. The summed E-state index contributed by atoms with van der Waals surface area (Å²) in [4.78, 5) is 37.6. The molecule has 1 N–H and O–H groups in total. The van der Waals surface area contributed by atoms with Gasteiger partial charge in [-0.15, -0.1) is 0 Å². The Morgan fingerprint density at radius 3 is 2.52 bits per heavy atom. The van der Waals surface area contributed by atoms with Crippen LogP contribution >= 0.6 is 11.8 Å². The van der Waals surface area contributed by atoms with Gasteiger partial charge in [-0.3, -0.25) is 19.3 Å². The van der Waals surface area contributed by atoms with Gasteiger partial charge in [0.25, 0.3) is 17.1 Å². The van der Waals surface area contributed by atoms with E-state index in [1.54, 1.807) is 0 Å². The fraction of sp³-hybridized carbons (Fsp3) is 0.111. The zero-order valence-electron chi connectivity index (χ0n) is 13.9. The van der Waals surface area contributed by atoms with Gasteiger partial charge in [-0.25, -0.2) is 4.39 Å². The molecule has 138 valence electrons. The summed E-state index contributed by atoms with van der Waals surface area (Å²) in [5.41, 5.74) is 0.905. The van der Waals surface area contributed by atoms with Gasteiger partial charge in [-0.1, -0.05) is 12.1 Å². The maximum Gasteiger partial charge on any atom is 0.293 e. The molecule has 0 radical (unpaired) electrons. The Bertz CT molecular complexity index is 913. The molecule has 27 heavy (non-hydrogen) atoms. The summed E-state index contributed by atoms with van der Waals surface area (Å²) in [5.74, 6) is -1.26. The van der Waals surface area contributed by atoms with Gasteiger partial charge < -0.3 is 10.5 Å². The molecule has 0 saturated carbocycles. The molecule has 0 unspecified atom stereocenters. The fourth-order valence-corrected chi connectivity index (χ4v) is 3.22. The summed E-state index contributed by atoms with van der Waals surface area (Å²) in [7, 11) is 0. The van der Waals surface area contributed by atoms with Crippen molar-refractivity contribution in [2.75, 3.05) is 13.1 Å². The number of thioether (sulfide) groups is 1. The minimum atomic E-state index is -0.462. The van der Waals surface area contributed by atoms with Gasteiger partial charge in [0.05, 0.1) is 10.5 Å². The van der Waals surface area contributed by atoms with Crippen LogP contribution in [0.1, 0.15) is 15.9 Å². The second-order valence-corrected chi connectivity index (χ2v) is 6.58. The zero-order chi connectivity index (χ0) is 19.4. The summed E-state index contributed by atoms with van der Waals surface area (Å²) in [5, 5.41) is 13.1. The maximum absolute atomic E-state index is 12.9. The molecule has 2 heterocycles. The van der Waals surface area contributed by atoms with Gasteiger partial charge in [-0.05, 0) is 35.5 Å². The number of hydrogen-bond donors (Lipinski definition) is 1. The van der Waals surface area contributed by atoms with Crippen LogP contribution in [0.2, 0.25) is 0 Å². The van der Waals surface area contributed by atoms with Gasteiger partial charge >= 0.3 is 0 Å². The fourth-order valence-electron chi connectivity index (χ4n) is 2.35. The van der Waals surface area contributed by atoms with E-state index in [9.17, 15) is 24.0 Å². The number of amides is 3. The van der Waals surface area contributed by atoms with Crippen molar-refractivity contribution in [3.63, 3.8) is 0 Å². The van der Waals surface area contributed by atoms with Gasteiger partial charge in [0.1, 0.15) is 5.82 Å². The van der Waals surface area contributed by atoms with Crippen LogP contribution in [0, 0.1) is 11.0 Å². The van der Waals surface area contributed by atoms with Crippen LogP contribution in [-0.2, 0) is 4.79 Å². The first kappa shape index (κ1) is 18.6. The lowest BCUT2D eigenvalue weighted by atomic mass is 10.2. The minimum absolute atomic E-state index is 0.0194. The SMILES string of the molecule is O=C(NCCN1C(=O)S/C(=C\c2ccc(F)cc2)C1=O)c1cc[n+]([O-])cc1. The summed E-state index contributed by atoms with van der Waals surface area (Å²) in [6, 6.07) is 8.29. The van der Waals surface area contributed by atoms with Crippen molar-refractivity contribution in [2.24, 2.45) is 0 Å². The minimum Gasteiger partial charge on any atom is -0.619 e. The third-order valence-corrected chi connectivity index (χ3v) is 4.63. The average Bonchev–Trinajstić information content (AvgIpc) is 2.91. The molecule has 0 aliphatic carbocycles. The van der Waals surface area contributed by atoms with E-state index in [1.165, 1.54) is 54.9 Å². The molecule has 3 amide bonds. The molecule has 1 saturated heterocycles. The average molecular weight is 387 g/mol. The molecule has 7 nitrogen and oxygen atoms in total. The summed E-state index contributed by atoms with van der Waals surface area (Å²) >= 11 is 0.792. The molecule has 1 aromatic carbocycles. The number of aromatic nitrogens is 1. The Morgan fingerprint density at radius 2 is 1.85 bits per heavy atom. The van der Waals surface area contributed by atoms with Crippen molar-refractivity contribution in [3.8, 4) is 0 Å². The van der Waals surface area contributed by atoms with Crippen molar-refractivity contribution in [2.45, 2.75) is 0 Å². The van der Waals surface area contributed by atoms with Gasteiger partial charge in [-0.2, -0.15) is 4.73 Å². The van der Waals surface area contributed by atoms with E-state index in [0.717, 1.165) is 16.7 Å². The quantitative estimate of drug-likeness (QED) is 0.481. The highest BCUT2D eigenvalue weighted by Crippen LogP contribution is 2.31. The van der Waals surface area contributed by atoms with Crippen LogP contribution in [0.3, 0.4) is 0 Å². The van der Waals surface area contributed by atoms with Crippen molar-refractivity contribution in [1.29, 1.82) is 0 Å². The van der Waals surface area contributed by atoms with Crippen LogP contribution in [0.15, 0.2) is 53.7 Å². The standard InChI is InChI=1S/C18H14FN3O4S/c19-14-3-1-12(2-4-14)11-15-17(24)22(18(25)27-15)10-7-20-16(23)13-5-8-21(26)9-6-13/h1-6,8-9,11H,7,10H2,(H,20,23)/b15-11-. The van der Waals surface area contributed by atoms with Crippen molar-refractivity contribution < 1.29 is 23.5 Å². The second kappa shape index (κ2) is 8.00. The van der Waals surface area contributed by atoms with E-state index in [-0.39, 0.29) is 23.8 Å². The number of halogens is 1. The number of carbonyl (C=O) groups excluding carboxylic acids is 3. The third-order valence-electron chi connectivity index (χ3n) is 3.73. The largest absolute Gasteiger partial charge is 0.619 e. The molecule has 9 heteroatoms. The van der Waals surface area contributed by atoms with Crippen LogP contribution in [0.4, 0.5) is 9.18 Å². The number of pyridine rings is 1. The van der Waals surface area contributed by atoms with Gasteiger partial charge in [0.15, 0.2) is 12.4 Å². The predicted octanol–water partition coefficient (Wildman–Crippen LogP) is 1.93. The molecule has 3 rings (SSSR count). The van der Waals surface area contributed by atoms with E-state index in [2.05, 4.69) is 5.32 Å². The van der Waals surface area contributed by atoms with Crippen molar-refractivity contribution >= 4 is 34.9 Å². The number of nitrogens with zero attached hydrogens (tertiary/aromatic N) is 2. The van der Waals surface area contributed by atoms with Crippen LogP contribution in [0.25, 0.3) is 6.08 Å². The van der Waals surface area contributed by atoms with E-state index >= 15 is 0 Å². The highest BCUT2D eigenvalue weighted by atomic mass is 32.2. The van der Waals surface area contributed by atoms with E-state index < -0.39 is 17.1 Å². The Labute approximate surface area is 158 Å². The summed E-state index contributed by atoms with van der Waals surface area (Å²) < 4.78 is 13.5. The number of benzene rings is 1. The van der Waals surface area contributed by atoms with Gasteiger partial charge in [0, 0.05) is 25.2 Å². The lowest BCUT2D eigenvalue weighted by Gasteiger charge is -2.12. The predicted molar refractivity (Wildman–Crippen MR) is 96.8 cm³/mol. The molecular formula is C18H14FN3O4S. The molecule has 0 spiro atoms. The second-order valence-electron chi connectivity index (χ2n) is 5.59. The molecule has 1 aliphatic heterocycles. The first-order chi connectivity index (χ1) is 12.9. The van der Waals surface area contributed by atoms with E-state index in [0.29, 0.717) is 15.9 Å². The molecule has 2 aromatic rings. The highest BCUT2D eigenvalue weighted by molar-refractivity contribution is 8.18. The molecule has 1 aliphatic rings. The molecular weight excluding hydrogens is 373 g/mol. The highest BCUT2D eigenvalue weighted by Gasteiger charge is 2.34. The number of rotatable bonds is 5. The maximum atomic E-state index is 12.9. The van der Waals surface area contributed by atoms with Crippen molar-refractivity contribution in [3.05, 3.63) is 75.8 Å². The lowest BCUT2D eigenvalue weighted by Crippen LogP contribution is -2.37. The van der Waals surface area contributed by atoms with E-state index in [1.807, 2.05) is 0 Å². The molecule has 0 atom stereocenters. The van der Waals surface area contributed by atoms with E-state index in [4.69, 9.17) is 0 Å². The van der Waals surface area contributed by atoms with Gasteiger partial charge in [0.2, 0.25) is 0 Å². The normalized spacial score (nSPS) is 15.4. The number of hydrogen-bond acceptors (Lipinski definition) is 5. The Morgan fingerprint density at radius 1 is 1.19 bits per heavy atom. The molecule has 1 fully saturated rings. The number of nitrogens with one attached hydrogen (secondary N) is 1. The zero-order valence-corrected chi connectivity index (χ0v) is 14.7. The first-order valence-electron chi connectivity index (χ1n) is 7.92. The van der Waals surface area contributed by atoms with Crippen molar-refractivity contribution in [1.82, 2.24) is 10.2 Å². The topological polar surface area (TPSA) is 93.4 Å². The Hall–Kier alpha value is -3.20. The van der Waals surface area contributed by atoms with Crippen LogP contribution < -0.4 is 10.0 Å². The molecule has 0 bridgehead atoms. The number of imide groups is 1. The Balaban J connectivity index is 1.58. The summed E-state index contributed by atoms with van der Waals surface area (Å²) in [6.45, 7) is 0.0958.